The molecule has 2 aromatic carbocycles. The second-order valence-electron chi connectivity index (χ2n) is 7.02. The largest absolute Gasteiger partial charge is 0.466 e. The second-order valence-corrected chi connectivity index (χ2v) is 8.91. The van der Waals surface area contributed by atoms with Crippen molar-refractivity contribution in [1.29, 1.82) is 0 Å². The first-order valence-electron chi connectivity index (χ1n) is 10.8. The first-order valence-corrected chi connectivity index (χ1v) is 13.3. The monoisotopic (exact) mass is 596 g/mol. The molecule has 0 fully saturated rings. The van der Waals surface area contributed by atoms with E-state index in [0.717, 1.165) is 23.5 Å². The predicted octanol–water partition coefficient (Wildman–Crippen LogP) is 6.03. The zero-order chi connectivity index (χ0) is 29.9. The Morgan fingerprint density at radius 1 is 0.667 bits per heavy atom. The Kier molecular flexibility index (Phi) is 13.8. The quantitative estimate of drug-likeness (QED) is 0.0626. The number of carbonyl (C=O) groups excluding carboxylic acids is 4. The predicted molar refractivity (Wildman–Crippen MR) is 133 cm³/mol. The van der Waals surface area contributed by atoms with E-state index in [1.807, 2.05) is 0 Å². The zero-order valence-corrected chi connectivity index (χ0v) is 22.6. The van der Waals surface area contributed by atoms with E-state index in [0.29, 0.717) is 16.4 Å². The van der Waals surface area contributed by atoms with E-state index in [1.165, 1.54) is 0 Å². The highest BCUT2D eigenvalue weighted by Crippen LogP contribution is 2.31. The maximum absolute atomic E-state index is 13.7. The van der Waals surface area contributed by atoms with Gasteiger partial charge in [-0.3, -0.25) is 14.4 Å². The average Bonchev–Trinajstić information content (AvgIpc) is 2.87. The molecule has 2 aromatic rings. The van der Waals surface area contributed by atoms with Crippen LogP contribution in [0.15, 0.2) is 34.1 Å². The number of ketones is 2. The standard InChI is InChI=1S/C14H13F3O3S2.C11H9F3O3/c1-4-20-13(19)11(14(21-2)22-3)12(18)7-5-9(16)10(17)6-8(7)15;1-2-17-11(16)5-10(15)6-3-8(13)9(14)4-7(6)12/h5-6H,4H2,1-3H3;3-4H,2,5H2,1H3. The summed E-state index contributed by atoms with van der Waals surface area (Å²) in [5.41, 5.74) is -1.79. The number of halogens is 6. The van der Waals surface area contributed by atoms with Crippen molar-refractivity contribution >= 4 is 47.0 Å². The summed E-state index contributed by atoms with van der Waals surface area (Å²) in [6, 6.07) is 1.38. The van der Waals surface area contributed by atoms with E-state index in [9.17, 15) is 45.5 Å². The summed E-state index contributed by atoms with van der Waals surface area (Å²) in [6.07, 6.45) is 2.54. The van der Waals surface area contributed by atoms with Crippen LogP contribution < -0.4 is 0 Å². The number of ether oxygens (including phenoxy) is 2. The van der Waals surface area contributed by atoms with Gasteiger partial charge >= 0.3 is 11.9 Å². The minimum Gasteiger partial charge on any atom is -0.466 e. The highest BCUT2D eigenvalue weighted by atomic mass is 32.2. The minimum absolute atomic E-state index is 0.0198. The van der Waals surface area contributed by atoms with Crippen LogP contribution in [-0.4, -0.2) is 49.2 Å². The Morgan fingerprint density at radius 2 is 1.10 bits per heavy atom. The molecule has 2 rings (SSSR count). The number of hydrogen-bond donors (Lipinski definition) is 0. The molecule has 0 aromatic heterocycles. The van der Waals surface area contributed by atoms with E-state index in [4.69, 9.17) is 4.74 Å². The fraction of sp³-hybridized carbons (Fsp3) is 0.280. The Bertz CT molecular complexity index is 1280. The van der Waals surface area contributed by atoms with Gasteiger partial charge in [0, 0.05) is 12.1 Å². The Morgan fingerprint density at radius 3 is 1.56 bits per heavy atom. The molecule has 0 saturated heterocycles. The lowest BCUT2D eigenvalue weighted by Crippen LogP contribution is -2.19. The number of thioether (sulfide) groups is 2. The van der Waals surface area contributed by atoms with Gasteiger partial charge in [-0.25, -0.2) is 31.1 Å². The average molecular weight is 597 g/mol. The van der Waals surface area contributed by atoms with E-state index >= 15 is 0 Å². The Balaban J connectivity index is 0.000000403. The van der Waals surface area contributed by atoms with E-state index in [1.54, 1.807) is 26.4 Å². The van der Waals surface area contributed by atoms with Gasteiger partial charge < -0.3 is 9.47 Å². The molecule has 0 amide bonds. The highest BCUT2D eigenvalue weighted by molar-refractivity contribution is 8.21. The Labute approximate surface area is 228 Å². The molecule has 0 unspecified atom stereocenters. The Hall–Kier alpha value is -3.26. The molecule has 212 valence electrons. The van der Waals surface area contributed by atoms with Crippen molar-refractivity contribution in [3.8, 4) is 0 Å². The van der Waals surface area contributed by atoms with Crippen molar-refractivity contribution in [3.05, 3.63) is 80.1 Å². The van der Waals surface area contributed by atoms with Crippen LogP contribution in [0.3, 0.4) is 0 Å². The lowest BCUT2D eigenvalue weighted by atomic mass is 10.0. The number of hydrogen-bond acceptors (Lipinski definition) is 8. The molecule has 39 heavy (non-hydrogen) atoms. The molecule has 0 spiro atoms. The molecule has 0 atom stereocenters. The fourth-order valence-electron chi connectivity index (χ4n) is 2.77. The first-order chi connectivity index (χ1) is 18.3. The van der Waals surface area contributed by atoms with Crippen molar-refractivity contribution in [1.82, 2.24) is 0 Å². The number of carbonyl (C=O) groups is 4. The van der Waals surface area contributed by atoms with Crippen molar-refractivity contribution in [3.63, 3.8) is 0 Å². The summed E-state index contributed by atoms with van der Waals surface area (Å²) < 4.78 is 88.1. The third kappa shape index (κ3) is 9.46. The van der Waals surface area contributed by atoms with Gasteiger partial charge in [-0.15, -0.1) is 23.5 Å². The third-order valence-electron chi connectivity index (χ3n) is 4.46. The van der Waals surface area contributed by atoms with Gasteiger partial charge in [-0.2, -0.15) is 0 Å². The summed E-state index contributed by atoms with van der Waals surface area (Å²) in [5, 5.41) is 0. The fourth-order valence-corrected chi connectivity index (χ4v) is 4.19. The normalized spacial score (nSPS) is 10.2. The zero-order valence-electron chi connectivity index (χ0n) is 21.0. The molecule has 0 saturated carbocycles. The van der Waals surface area contributed by atoms with Crippen molar-refractivity contribution < 1.29 is 55.0 Å². The topological polar surface area (TPSA) is 86.7 Å². The van der Waals surface area contributed by atoms with Crippen LogP contribution in [0.1, 0.15) is 41.0 Å². The number of benzene rings is 2. The number of rotatable bonds is 10. The van der Waals surface area contributed by atoms with Gasteiger partial charge in [0.25, 0.3) is 0 Å². The smallest absolute Gasteiger partial charge is 0.343 e. The summed E-state index contributed by atoms with van der Waals surface area (Å²) in [7, 11) is 0. The molecule has 6 nitrogen and oxygen atoms in total. The van der Waals surface area contributed by atoms with Crippen LogP contribution in [0.5, 0.6) is 0 Å². The maximum atomic E-state index is 13.7. The molecule has 0 aliphatic carbocycles. The van der Waals surface area contributed by atoms with E-state index < -0.39 is 81.5 Å². The molecule has 0 N–H and O–H groups in total. The molecule has 14 heteroatoms. The van der Waals surface area contributed by atoms with Gasteiger partial charge in [0.15, 0.2) is 29.1 Å². The summed E-state index contributed by atoms with van der Waals surface area (Å²) in [5.74, 6) is -11.8. The van der Waals surface area contributed by atoms with Crippen LogP contribution >= 0.6 is 23.5 Å². The second kappa shape index (κ2) is 16.0. The summed E-state index contributed by atoms with van der Waals surface area (Å²) in [4.78, 5) is 46.7. The van der Waals surface area contributed by atoms with Crippen LogP contribution in [0.2, 0.25) is 0 Å². The van der Waals surface area contributed by atoms with Crippen molar-refractivity contribution in [2.75, 3.05) is 25.7 Å². The van der Waals surface area contributed by atoms with E-state index in [-0.39, 0.29) is 25.3 Å². The van der Waals surface area contributed by atoms with Crippen LogP contribution in [0, 0.1) is 34.9 Å². The van der Waals surface area contributed by atoms with Crippen LogP contribution in [0.25, 0.3) is 0 Å². The van der Waals surface area contributed by atoms with Gasteiger partial charge in [0.1, 0.15) is 23.6 Å². The third-order valence-corrected chi connectivity index (χ3v) is 6.61. The maximum Gasteiger partial charge on any atom is 0.343 e. The van der Waals surface area contributed by atoms with Crippen LogP contribution in [0.4, 0.5) is 26.3 Å². The van der Waals surface area contributed by atoms with Crippen molar-refractivity contribution in [2.24, 2.45) is 0 Å². The molecule has 0 bridgehead atoms. The molecule has 0 radical (unpaired) electrons. The first kappa shape index (κ1) is 33.8. The molecular weight excluding hydrogens is 574 g/mol. The molecule has 0 aliphatic heterocycles. The SMILES string of the molecule is CCOC(=O)C(C(=O)c1cc(F)c(F)cc1F)=C(SC)SC.CCOC(=O)CC(=O)c1cc(F)c(F)cc1F. The van der Waals surface area contributed by atoms with Gasteiger partial charge in [-0.1, -0.05) is 0 Å². The van der Waals surface area contributed by atoms with Crippen molar-refractivity contribution in [2.45, 2.75) is 20.3 Å². The molecule has 0 heterocycles. The lowest BCUT2D eigenvalue weighted by molar-refractivity contribution is -0.142. The van der Waals surface area contributed by atoms with Gasteiger partial charge in [-0.05, 0) is 38.5 Å². The summed E-state index contributed by atoms with van der Waals surface area (Å²) >= 11 is 2.20. The number of esters is 2. The minimum atomic E-state index is -1.41. The van der Waals surface area contributed by atoms with Gasteiger partial charge in [0.05, 0.1) is 28.6 Å². The molecular formula is C25H22F6O6S2. The highest BCUT2D eigenvalue weighted by Gasteiger charge is 2.28. The lowest BCUT2D eigenvalue weighted by Gasteiger charge is -2.11. The van der Waals surface area contributed by atoms with E-state index in [2.05, 4.69) is 4.74 Å². The van der Waals surface area contributed by atoms with Crippen LogP contribution in [-0.2, 0) is 19.1 Å². The molecule has 0 aliphatic rings. The van der Waals surface area contributed by atoms with Gasteiger partial charge in [0.2, 0.25) is 5.78 Å². The summed E-state index contributed by atoms with van der Waals surface area (Å²) in [6.45, 7) is 3.19. The number of Topliss-reactive ketones (excluding diaryl/α,β-unsaturated/α-hetero) is 2.